The highest BCUT2D eigenvalue weighted by Gasteiger charge is 2.48. The molecule has 46 heavy (non-hydrogen) atoms. The van der Waals surface area contributed by atoms with E-state index in [1.165, 1.54) is 38.3 Å². The molecule has 4 heterocycles. The van der Waals surface area contributed by atoms with Gasteiger partial charge >= 0.3 is 0 Å². The number of aliphatic hydroxyl groups is 6. The van der Waals surface area contributed by atoms with Crippen molar-refractivity contribution in [3.63, 3.8) is 0 Å². The standard InChI is InChI=1S/C29H32O17/c1-9-17(31)21(35)23(37)28(43-9)40-7-15-18(32)22(36)24(38)29(45-15)46-27-20(34)16-13(6-14-26(19(16)33)42-8-41-14)44-25(27)10-3-4-11(30)12(5-10)39-2/h3-6,9,15,17-18,21-24,28-33,35-38H,7-8H2,1-2H3/t9-,15+,17-,18+,21+,22-,23+,24+,28+,29-/m0/s1. The molecule has 0 aliphatic carbocycles. The zero-order valence-electron chi connectivity index (χ0n) is 24.2. The smallest absolute Gasteiger partial charge is 0.239 e. The average Bonchev–Trinajstić information content (AvgIpc) is 3.52. The van der Waals surface area contributed by atoms with Gasteiger partial charge in [-0.3, -0.25) is 4.79 Å². The highest BCUT2D eigenvalue weighted by molar-refractivity contribution is 5.91. The van der Waals surface area contributed by atoms with Crippen LogP contribution in [0.3, 0.4) is 0 Å². The monoisotopic (exact) mass is 652 g/mol. The predicted octanol–water partition coefficient (Wildman–Crippen LogP) is -1.36. The van der Waals surface area contributed by atoms with Gasteiger partial charge in [0.2, 0.25) is 30.0 Å². The summed E-state index contributed by atoms with van der Waals surface area (Å²) in [5.74, 6) is -1.73. The molecule has 0 saturated carbocycles. The van der Waals surface area contributed by atoms with Crippen molar-refractivity contribution < 1.29 is 78.4 Å². The van der Waals surface area contributed by atoms with Crippen molar-refractivity contribution >= 4 is 11.0 Å². The molecule has 1 aromatic heterocycles. The number of methoxy groups -OCH3 is 1. The first-order valence-corrected chi connectivity index (χ1v) is 14.1. The molecule has 0 spiro atoms. The van der Waals surface area contributed by atoms with Gasteiger partial charge in [0.25, 0.3) is 0 Å². The molecule has 6 rings (SSSR count). The second kappa shape index (κ2) is 12.4. The van der Waals surface area contributed by atoms with Gasteiger partial charge in [-0.25, -0.2) is 0 Å². The topological polar surface area (TPSA) is 257 Å². The van der Waals surface area contributed by atoms with Crippen molar-refractivity contribution in [1.29, 1.82) is 0 Å². The average molecular weight is 653 g/mol. The minimum Gasteiger partial charge on any atom is -0.504 e. The second-order valence-electron chi connectivity index (χ2n) is 11.0. The van der Waals surface area contributed by atoms with E-state index in [1.54, 1.807) is 0 Å². The summed E-state index contributed by atoms with van der Waals surface area (Å²) < 4.78 is 44.2. The number of fused-ring (bicyclic) bond motifs is 2. The van der Waals surface area contributed by atoms with Crippen molar-refractivity contribution in [2.75, 3.05) is 20.5 Å². The normalized spacial score (nSPS) is 32.4. The van der Waals surface area contributed by atoms with Crippen LogP contribution in [-0.2, 0) is 14.2 Å². The summed E-state index contributed by atoms with van der Waals surface area (Å²) in [5, 5.41) is 83.0. The van der Waals surface area contributed by atoms with Crippen molar-refractivity contribution in [2.24, 2.45) is 0 Å². The van der Waals surface area contributed by atoms with Crippen LogP contribution in [0.1, 0.15) is 6.92 Å². The molecule has 3 aliphatic rings. The Bertz CT molecular complexity index is 1660. The van der Waals surface area contributed by atoms with Crippen molar-refractivity contribution in [2.45, 2.75) is 68.3 Å². The number of ether oxygens (including phenoxy) is 7. The first kappa shape index (κ1) is 32.0. The number of aromatic hydroxyl groups is 2. The Hall–Kier alpha value is -3.91. The zero-order valence-corrected chi connectivity index (χ0v) is 24.2. The maximum Gasteiger partial charge on any atom is 0.239 e. The number of benzene rings is 2. The summed E-state index contributed by atoms with van der Waals surface area (Å²) in [7, 11) is 1.30. The first-order chi connectivity index (χ1) is 21.9. The Labute approximate surface area is 258 Å². The Morgan fingerprint density at radius 1 is 0.870 bits per heavy atom. The summed E-state index contributed by atoms with van der Waals surface area (Å²) in [6, 6.07) is 5.28. The van der Waals surface area contributed by atoms with Gasteiger partial charge in [-0.05, 0) is 25.1 Å². The molecule has 17 heteroatoms. The lowest BCUT2D eigenvalue weighted by molar-refractivity contribution is -0.318. The van der Waals surface area contributed by atoms with E-state index < -0.39 is 84.9 Å². The fraction of sp³-hybridized carbons (Fsp3) is 0.483. The third-order valence-electron chi connectivity index (χ3n) is 8.03. The van der Waals surface area contributed by atoms with Gasteiger partial charge in [0.1, 0.15) is 53.7 Å². The van der Waals surface area contributed by atoms with Gasteiger partial charge in [0.05, 0.1) is 19.8 Å². The number of hydrogen-bond donors (Lipinski definition) is 8. The number of phenolic OH excluding ortho intramolecular Hbond substituents is 2. The van der Waals surface area contributed by atoms with Gasteiger partial charge < -0.3 is 78.4 Å². The van der Waals surface area contributed by atoms with Crippen LogP contribution in [0.2, 0.25) is 0 Å². The molecule has 8 N–H and O–H groups in total. The molecule has 10 atom stereocenters. The third kappa shape index (κ3) is 5.44. The van der Waals surface area contributed by atoms with E-state index in [0.29, 0.717) is 0 Å². The number of phenols is 2. The fourth-order valence-electron chi connectivity index (χ4n) is 5.40. The second-order valence-corrected chi connectivity index (χ2v) is 11.0. The van der Waals surface area contributed by atoms with Crippen molar-refractivity contribution in [3.05, 3.63) is 34.5 Å². The third-order valence-corrected chi connectivity index (χ3v) is 8.03. The molecular weight excluding hydrogens is 620 g/mol. The lowest BCUT2D eigenvalue weighted by Gasteiger charge is -2.42. The quantitative estimate of drug-likeness (QED) is 0.147. The number of hydrogen-bond acceptors (Lipinski definition) is 17. The van der Waals surface area contributed by atoms with Crippen LogP contribution >= 0.6 is 0 Å². The van der Waals surface area contributed by atoms with Crippen LogP contribution < -0.4 is 24.4 Å². The maximum absolute atomic E-state index is 13.9. The van der Waals surface area contributed by atoms with E-state index in [4.69, 9.17) is 37.6 Å². The molecule has 2 saturated heterocycles. The van der Waals surface area contributed by atoms with E-state index in [-0.39, 0.29) is 52.1 Å². The summed E-state index contributed by atoms with van der Waals surface area (Å²) in [5.41, 5.74) is -0.950. The molecule has 0 amide bonds. The minimum absolute atomic E-state index is 0.00325. The summed E-state index contributed by atoms with van der Waals surface area (Å²) in [6.07, 6.45) is -16.0. The van der Waals surface area contributed by atoms with Gasteiger partial charge in [-0.2, -0.15) is 0 Å². The van der Waals surface area contributed by atoms with Crippen LogP contribution in [0.4, 0.5) is 0 Å². The largest absolute Gasteiger partial charge is 0.504 e. The van der Waals surface area contributed by atoms with Gasteiger partial charge in [-0.1, -0.05) is 0 Å². The Kier molecular flexibility index (Phi) is 8.61. The van der Waals surface area contributed by atoms with Crippen LogP contribution in [0.25, 0.3) is 22.3 Å². The molecule has 3 aliphatic heterocycles. The molecule has 0 unspecified atom stereocenters. The molecule has 250 valence electrons. The van der Waals surface area contributed by atoms with Crippen molar-refractivity contribution in [1.82, 2.24) is 0 Å². The van der Waals surface area contributed by atoms with Gasteiger partial charge in [0.15, 0.2) is 35.0 Å². The van der Waals surface area contributed by atoms with Crippen LogP contribution in [-0.4, -0.2) is 123 Å². The van der Waals surface area contributed by atoms with E-state index in [9.17, 15) is 45.6 Å². The predicted molar refractivity (Wildman–Crippen MR) is 150 cm³/mol. The number of rotatable bonds is 7. The minimum atomic E-state index is -1.94. The van der Waals surface area contributed by atoms with Gasteiger partial charge in [-0.15, -0.1) is 0 Å². The van der Waals surface area contributed by atoms with Crippen molar-refractivity contribution in [3.8, 4) is 45.8 Å². The van der Waals surface area contributed by atoms with E-state index in [1.807, 2.05) is 0 Å². The fourth-order valence-corrected chi connectivity index (χ4v) is 5.40. The molecule has 2 aromatic carbocycles. The molecule has 3 aromatic rings. The molecule has 0 bridgehead atoms. The maximum atomic E-state index is 13.9. The molecule has 2 fully saturated rings. The SMILES string of the molecule is COc1cc(-c2oc3cc4c(c(O)c3c(=O)c2O[C@@H]2O[C@H](CO[C@@H]3O[C@@H](C)[C@H](O)[C@@H](O)[C@H]3O)[C@@H](O)[C@H](O)[C@H]2O)OCO4)ccc1O. The molecular formula is C29H32O17. The molecule has 0 radical (unpaired) electrons. The van der Waals surface area contributed by atoms with Crippen LogP contribution in [0.15, 0.2) is 33.5 Å². The lowest BCUT2D eigenvalue weighted by Crippen LogP contribution is -2.61. The van der Waals surface area contributed by atoms with E-state index in [0.717, 1.165) is 0 Å². The summed E-state index contributed by atoms with van der Waals surface area (Å²) in [4.78, 5) is 13.9. The van der Waals surface area contributed by atoms with E-state index >= 15 is 0 Å². The summed E-state index contributed by atoms with van der Waals surface area (Å²) >= 11 is 0. The highest BCUT2D eigenvalue weighted by atomic mass is 16.7. The first-order valence-electron chi connectivity index (χ1n) is 14.1. The van der Waals surface area contributed by atoms with Crippen LogP contribution in [0, 0.1) is 0 Å². The highest BCUT2D eigenvalue weighted by Crippen LogP contribution is 2.47. The van der Waals surface area contributed by atoms with Gasteiger partial charge in [0, 0.05) is 11.6 Å². The Morgan fingerprint density at radius 3 is 2.33 bits per heavy atom. The summed E-state index contributed by atoms with van der Waals surface area (Å²) in [6.45, 7) is 0.625. The Morgan fingerprint density at radius 2 is 1.59 bits per heavy atom. The lowest BCUT2D eigenvalue weighted by atomic mass is 9.98. The zero-order chi connectivity index (χ0) is 33.0. The van der Waals surface area contributed by atoms with E-state index in [2.05, 4.69) is 0 Å². The Balaban J connectivity index is 1.36. The van der Waals surface area contributed by atoms with Crippen LogP contribution in [0.5, 0.6) is 34.5 Å². The molecule has 17 nitrogen and oxygen atoms in total. The number of aliphatic hydroxyl groups excluding tert-OH is 6.